The molecule has 152 valence electrons. The molecule has 1 fully saturated rings. The minimum absolute atomic E-state index is 0.0633. The maximum Gasteiger partial charge on any atom is 0.255 e. The SMILES string of the molecule is COc1ccc(C(=O)N2C[C@H]3C[C@@H](C2)[C@H](CNC(C)=O)n2c3cccc2=O)cn1. The van der Waals surface area contributed by atoms with Gasteiger partial charge in [-0.05, 0) is 24.5 Å². The van der Waals surface area contributed by atoms with Gasteiger partial charge in [-0.3, -0.25) is 14.4 Å². The van der Waals surface area contributed by atoms with E-state index in [4.69, 9.17) is 4.74 Å². The van der Waals surface area contributed by atoms with Gasteiger partial charge in [0.05, 0.1) is 18.7 Å². The van der Waals surface area contributed by atoms with Gasteiger partial charge in [-0.25, -0.2) is 4.98 Å². The van der Waals surface area contributed by atoms with E-state index in [1.165, 1.54) is 20.2 Å². The lowest BCUT2D eigenvalue weighted by Gasteiger charge is -2.47. The third-order valence-electron chi connectivity index (χ3n) is 5.84. The Morgan fingerprint density at radius 2 is 2.07 bits per heavy atom. The molecule has 2 bridgehead atoms. The molecule has 4 rings (SSSR count). The van der Waals surface area contributed by atoms with Crippen molar-refractivity contribution in [2.75, 3.05) is 26.7 Å². The van der Waals surface area contributed by atoms with Gasteiger partial charge in [-0.1, -0.05) is 6.07 Å². The lowest BCUT2D eigenvalue weighted by molar-refractivity contribution is -0.119. The van der Waals surface area contributed by atoms with E-state index in [1.54, 1.807) is 24.3 Å². The van der Waals surface area contributed by atoms with E-state index >= 15 is 0 Å². The van der Waals surface area contributed by atoms with Gasteiger partial charge in [0.25, 0.3) is 11.5 Å². The maximum absolute atomic E-state index is 13.1. The summed E-state index contributed by atoms with van der Waals surface area (Å²) < 4.78 is 6.87. The number of rotatable bonds is 4. The number of fused-ring (bicyclic) bond motifs is 4. The van der Waals surface area contributed by atoms with Gasteiger partial charge in [0.2, 0.25) is 11.8 Å². The summed E-state index contributed by atoms with van der Waals surface area (Å²) in [6.07, 6.45) is 2.41. The summed E-state index contributed by atoms with van der Waals surface area (Å²) in [5, 5.41) is 2.85. The Balaban J connectivity index is 1.64. The van der Waals surface area contributed by atoms with E-state index in [1.807, 2.05) is 15.5 Å². The average Bonchev–Trinajstić information content (AvgIpc) is 2.73. The van der Waals surface area contributed by atoms with E-state index in [0.29, 0.717) is 31.1 Å². The van der Waals surface area contributed by atoms with Gasteiger partial charge in [-0.15, -0.1) is 0 Å². The Bertz CT molecular complexity index is 985. The fourth-order valence-corrected chi connectivity index (χ4v) is 4.53. The highest BCUT2D eigenvalue weighted by Crippen LogP contribution is 2.41. The first-order valence-corrected chi connectivity index (χ1v) is 9.73. The second kappa shape index (κ2) is 7.69. The molecule has 8 heteroatoms. The zero-order chi connectivity index (χ0) is 20.5. The van der Waals surface area contributed by atoms with Crippen LogP contribution in [0.4, 0.5) is 0 Å². The molecule has 2 aliphatic rings. The lowest BCUT2D eigenvalue weighted by Crippen LogP contribution is -2.53. The normalized spacial score (nSPS) is 22.6. The summed E-state index contributed by atoms with van der Waals surface area (Å²) in [6.45, 7) is 2.92. The van der Waals surface area contributed by atoms with Crippen LogP contribution in [-0.2, 0) is 4.79 Å². The number of hydrogen-bond acceptors (Lipinski definition) is 5. The molecule has 0 saturated carbocycles. The number of hydrogen-bond donors (Lipinski definition) is 1. The number of aromatic nitrogens is 2. The molecular formula is C21H24N4O4. The monoisotopic (exact) mass is 396 g/mol. The van der Waals surface area contributed by atoms with Gasteiger partial charge in [0.15, 0.2) is 0 Å². The number of methoxy groups -OCH3 is 1. The maximum atomic E-state index is 13.1. The van der Waals surface area contributed by atoms with Crippen molar-refractivity contribution in [3.8, 4) is 5.88 Å². The van der Waals surface area contributed by atoms with E-state index < -0.39 is 0 Å². The Morgan fingerprint density at radius 1 is 1.24 bits per heavy atom. The Hall–Kier alpha value is -3.16. The van der Waals surface area contributed by atoms with Crippen LogP contribution in [0.2, 0.25) is 0 Å². The minimum Gasteiger partial charge on any atom is -0.481 e. The molecule has 2 amide bonds. The molecule has 2 aliphatic heterocycles. The topological polar surface area (TPSA) is 93.5 Å². The molecule has 0 unspecified atom stereocenters. The highest BCUT2D eigenvalue weighted by atomic mass is 16.5. The molecule has 4 heterocycles. The van der Waals surface area contributed by atoms with Crippen LogP contribution in [0.25, 0.3) is 0 Å². The summed E-state index contributed by atoms with van der Waals surface area (Å²) in [6, 6.07) is 8.47. The first-order chi connectivity index (χ1) is 14.0. The first-order valence-electron chi connectivity index (χ1n) is 9.73. The summed E-state index contributed by atoms with van der Waals surface area (Å²) in [5.41, 5.74) is 1.37. The molecule has 0 radical (unpaired) electrons. The number of pyridine rings is 2. The van der Waals surface area contributed by atoms with Crippen LogP contribution >= 0.6 is 0 Å². The summed E-state index contributed by atoms with van der Waals surface area (Å²) >= 11 is 0. The Kier molecular flexibility index (Phi) is 5.08. The highest BCUT2D eigenvalue weighted by molar-refractivity contribution is 5.94. The molecule has 3 atom stereocenters. The first kappa shape index (κ1) is 19.2. The number of nitrogens with one attached hydrogen (secondary N) is 1. The number of carbonyl (C=O) groups is 2. The van der Waals surface area contributed by atoms with E-state index in [0.717, 1.165) is 12.1 Å². The second-order valence-electron chi connectivity index (χ2n) is 7.66. The number of likely N-dealkylation sites (tertiary alicyclic amines) is 1. The van der Waals surface area contributed by atoms with Crippen molar-refractivity contribution in [1.29, 1.82) is 0 Å². The highest BCUT2D eigenvalue weighted by Gasteiger charge is 2.41. The van der Waals surface area contributed by atoms with Gasteiger partial charge < -0.3 is 19.5 Å². The van der Waals surface area contributed by atoms with Crippen molar-refractivity contribution in [1.82, 2.24) is 19.8 Å². The molecule has 8 nitrogen and oxygen atoms in total. The molecule has 0 aliphatic carbocycles. The van der Waals surface area contributed by atoms with Gasteiger partial charge in [0, 0.05) is 56.5 Å². The number of piperidine rings is 1. The summed E-state index contributed by atoms with van der Waals surface area (Å²) in [4.78, 5) is 43.1. The summed E-state index contributed by atoms with van der Waals surface area (Å²) in [5.74, 6) is 0.418. The second-order valence-corrected chi connectivity index (χ2v) is 7.66. The lowest BCUT2D eigenvalue weighted by atomic mass is 9.78. The predicted octanol–water partition coefficient (Wildman–Crippen LogP) is 1.19. The summed E-state index contributed by atoms with van der Waals surface area (Å²) in [7, 11) is 1.53. The van der Waals surface area contributed by atoms with Crippen molar-refractivity contribution >= 4 is 11.8 Å². The molecule has 2 aromatic rings. The molecule has 1 saturated heterocycles. The van der Waals surface area contributed by atoms with Crippen LogP contribution < -0.4 is 15.6 Å². The Labute approximate surface area is 168 Å². The van der Waals surface area contributed by atoms with Crippen LogP contribution in [0, 0.1) is 5.92 Å². The van der Waals surface area contributed by atoms with Crippen molar-refractivity contribution < 1.29 is 14.3 Å². The van der Waals surface area contributed by atoms with Crippen LogP contribution in [-0.4, -0.2) is 53.0 Å². The van der Waals surface area contributed by atoms with Crippen LogP contribution in [0.15, 0.2) is 41.3 Å². The standard InChI is InChI=1S/C21H24N4O4/c1-13(26)22-10-18-16-8-15(17-4-3-5-20(27)25(17)18)11-24(12-16)21(28)14-6-7-19(29-2)23-9-14/h3-7,9,15-16,18H,8,10-12H2,1-2H3,(H,22,26)/t15-,16+,18+/m1/s1. The van der Waals surface area contributed by atoms with Gasteiger partial charge in [0.1, 0.15) is 0 Å². The smallest absolute Gasteiger partial charge is 0.255 e. The van der Waals surface area contributed by atoms with Crippen LogP contribution in [0.3, 0.4) is 0 Å². The third-order valence-corrected chi connectivity index (χ3v) is 5.84. The third kappa shape index (κ3) is 3.62. The molecule has 0 spiro atoms. The molecule has 0 aromatic carbocycles. The number of nitrogens with zero attached hydrogens (tertiary/aromatic N) is 3. The number of ether oxygens (including phenoxy) is 1. The number of carbonyl (C=O) groups excluding carboxylic acids is 2. The molecule has 29 heavy (non-hydrogen) atoms. The van der Waals surface area contributed by atoms with E-state index in [2.05, 4.69) is 10.3 Å². The van der Waals surface area contributed by atoms with Crippen molar-refractivity contribution in [2.24, 2.45) is 5.92 Å². The average molecular weight is 396 g/mol. The van der Waals surface area contributed by atoms with Crippen molar-refractivity contribution in [3.05, 3.63) is 58.1 Å². The zero-order valence-electron chi connectivity index (χ0n) is 16.5. The molecule has 1 N–H and O–H groups in total. The van der Waals surface area contributed by atoms with Crippen molar-refractivity contribution in [2.45, 2.75) is 25.3 Å². The van der Waals surface area contributed by atoms with Crippen LogP contribution in [0.1, 0.15) is 41.4 Å². The van der Waals surface area contributed by atoms with Crippen molar-refractivity contribution in [3.63, 3.8) is 0 Å². The van der Waals surface area contributed by atoms with E-state index in [-0.39, 0.29) is 35.3 Å². The Morgan fingerprint density at radius 3 is 2.76 bits per heavy atom. The van der Waals surface area contributed by atoms with Crippen LogP contribution in [0.5, 0.6) is 5.88 Å². The van der Waals surface area contributed by atoms with Gasteiger partial charge in [-0.2, -0.15) is 0 Å². The molecular weight excluding hydrogens is 372 g/mol. The molecule has 2 aromatic heterocycles. The minimum atomic E-state index is -0.177. The zero-order valence-corrected chi connectivity index (χ0v) is 16.5. The fraction of sp³-hybridized carbons (Fsp3) is 0.429. The largest absolute Gasteiger partial charge is 0.481 e. The quantitative estimate of drug-likeness (QED) is 0.838. The van der Waals surface area contributed by atoms with Gasteiger partial charge >= 0.3 is 0 Å². The fourth-order valence-electron chi connectivity index (χ4n) is 4.53. The number of amides is 2. The van der Waals surface area contributed by atoms with E-state index in [9.17, 15) is 14.4 Å². The predicted molar refractivity (Wildman–Crippen MR) is 106 cm³/mol.